The van der Waals surface area contributed by atoms with Crippen LogP contribution in [0.2, 0.25) is 0 Å². The van der Waals surface area contributed by atoms with Crippen molar-refractivity contribution in [3.8, 4) is 0 Å². The average molecular weight is 159 g/mol. The molecule has 1 heterocycles. The largest absolute Gasteiger partial charge is 0.389 e. The zero-order valence-electron chi connectivity index (χ0n) is 6.69. The summed E-state index contributed by atoms with van der Waals surface area (Å²) >= 11 is 0. The molecular formula is C7H13NO3. The maximum Gasteiger partial charge on any atom is 0.149 e. The van der Waals surface area contributed by atoms with Crippen molar-refractivity contribution in [2.45, 2.75) is 25.2 Å². The van der Waals surface area contributed by atoms with Gasteiger partial charge in [0.25, 0.3) is 0 Å². The average Bonchev–Trinajstić information content (AvgIpc) is 2.07. The van der Waals surface area contributed by atoms with Crippen molar-refractivity contribution < 1.29 is 15.0 Å². The zero-order chi connectivity index (χ0) is 8.59. The third-order valence-electron chi connectivity index (χ3n) is 2.08. The number of aliphatic hydroxyl groups is 2. The SMILES string of the molecule is CC(=O)C1C(O)C(O)CN1C. The minimum absolute atomic E-state index is 0.100. The molecule has 2 N–H and O–H groups in total. The molecule has 0 radical (unpaired) electrons. The highest BCUT2D eigenvalue weighted by molar-refractivity contribution is 5.82. The second-order valence-corrected chi connectivity index (χ2v) is 3.05. The van der Waals surface area contributed by atoms with E-state index in [0.29, 0.717) is 6.54 Å². The highest BCUT2D eigenvalue weighted by Gasteiger charge is 2.40. The molecule has 64 valence electrons. The highest BCUT2D eigenvalue weighted by Crippen LogP contribution is 2.16. The Labute approximate surface area is 65.4 Å². The maximum atomic E-state index is 10.9. The fourth-order valence-electron chi connectivity index (χ4n) is 1.54. The predicted molar refractivity (Wildman–Crippen MR) is 39.1 cm³/mol. The van der Waals surface area contributed by atoms with Crippen LogP contribution in [0.5, 0.6) is 0 Å². The van der Waals surface area contributed by atoms with Crippen LogP contribution in [0.15, 0.2) is 0 Å². The Morgan fingerprint density at radius 2 is 2.09 bits per heavy atom. The van der Waals surface area contributed by atoms with E-state index < -0.39 is 18.2 Å². The molecule has 0 aromatic carbocycles. The molecule has 11 heavy (non-hydrogen) atoms. The molecule has 0 bridgehead atoms. The number of rotatable bonds is 1. The number of nitrogens with zero attached hydrogens (tertiary/aromatic N) is 1. The molecule has 0 amide bonds. The molecule has 1 aliphatic heterocycles. The van der Waals surface area contributed by atoms with Crippen LogP contribution in [0.3, 0.4) is 0 Å². The molecule has 0 aromatic rings. The summed E-state index contributed by atoms with van der Waals surface area (Å²) in [5.74, 6) is -0.100. The number of likely N-dealkylation sites (N-methyl/N-ethyl adjacent to an activating group) is 1. The minimum atomic E-state index is -0.919. The minimum Gasteiger partial charge on any atom is -0.389 e. The van der Waals surface area contributed by atoms with Gasteiger partial charge in [-0.25, -0.2) is 0 Å². The van der Waals surface area contributed by atoms with Crippen LogP contribution in [0.25, 0.3) is 0 Å². The quantitative estimate of drug-likeness (QED) is 0.494. The first-order valence-corrected chi connectivity index (χ1v) is 3.61. The summed E-state index contributed by atoms with van der Waals surface area (Å²) in [6.45, 7) is 1.79. The van der Waals surface area contributed by atoms with E-state index in [4.69, 9.17) is 5.11 Å². The van der Waals surface area contributed by atoms with E-state index in [1.807, 2.05) is 0 Å². The van der Waals surface area contributed by atoms with Crippen LogP contribution in [0, 0.1) is 0 Å². The number of carbonyl (C=O) groups is 1. The summed E-state index contributed by atoms with van der Waals surface area (Å²) in [6, 6.07) is -0.523. The van der Waals surface area contributed by atoms with Crippen LogP contribution >= 0.6 is 0 Å². The number of ketones is 1. The van der Waals surface area contributed by atoms with Crippen molar-refractivity contribution in [3.63, 3.8) is 0 Å². The van der Waals surface area contributed by atoms with Gasteiger partial charge in [0.1, 0.15) is 11.9 Å². The Morgan fingerprint density at radius 1 is 1.55 bits per heavy atom. The zero-order valence-corrected chi connectivity index (χ0v) is 6.69. The van der Waals surface area contributed by atoms with Crippen LogP contribution in [-0.2, 0) is 4.79 Å². The van der Waals surface area contributed by atoms with Crippen molar-refractivity contribution in [1.29, 1.82) is 0 Å². The van der Waals surface area contributed by atoms with E-state index in [1.165, 1.54) is 6.92 Å². The first kappa shape index (κ1) is 8.64. The molecule has 3 atom stereocenters. The van der Waals surface area contributed by atoms with E-state index in [2.05, 4.69) is 0 Å². The molecule has 4 heteroatoms. The van der Waals surface area contributed by atoms with Crippen LogP contribution in [0.1, 0.15) is 6.92 Å². The molecule has 1 rings (SSSR count). The van der Waals surface area contributed by atoms with Crippen molar-refractivity contribution in [2.75, 3.05) is 13.6 Å². The highest BCUT2D eigenvalue weighted by atomic mass is 16.3. The lowest BCUT2D eigenvalue weighted by Gasteiger charge is -2.17. The van der Waals surface area contributed by atoms with Crippen molar-refractivity contribution >= 4 is 5.78 Å². The number of carbonyl (C=O) groups excluding carboxylic acids is 1. The fraction of sp³-hybridized carbons (Fsp3) is 0.857. The summed E-state index contributed by atoms with van der Waals surface area (Å²) in [5.41, 5.74) is 0. The standard InChI is InChI=1S/C7H13NO3/c1-4(9)6-7(11)5(10)3-8(6)2/h5-7,10-11H,3H2,1-2H3. The third kappa shape index (κ3) is 1.42. The van der Waals surface area contributed by atoms with Gasteiger partial charge in [0.15, 0.2) is 0 Å². The third-order valence-corrected chi connectivity index (χ3v) is 2.08. The van der Waals surface area contributed by atoms with E-state index in [-0.39, 0.29) is 5.78 Å². The summed E-state index contributed by atoms with van der Waals surface area (Å²) in [4.78, 5) is 12.6. The van der Waals surface area contributed by atoms with E-state index in [9.17, 15) is 9.90 Å². The lowest BCUT2D eigenvalue weighted by molar-refractivity contribution is -0.123. The summed E-state index contributed by atoms with van der Waals surface area (Å²) in [7, 11) is 1.71. The van der Waals surface area contributed by atoms with Crippen LogP contribution < -0.4 is 0 Å². The molecule has 0 spiro atoms. The first-order chi connectivity index (χ1) is 5.04. The lowest BCUT2D eigenvalue weighted by atomic mass is 10.1. The van der Waals surface area contributed by atoms with Gasteiger partial charge in [-0.05, 0) is 14.0 Å². The molecule has 0 aromatic heterocycles. The Morgan fingerprint density at radius 3 is 2.27 bits per heavy atom. The second kappa shape index (κ2) is 2.89. The molecule has 4 nitrogen and oxygen atoms in total. The fourth-order valence-corrected chi connectivity index (χ4v) is 1.54. The van der Waals surface area contributed by atoms with E-state index in [1.54, 1.807) is 11.9 Å². The van der Waals surface area contributed by atoms with Crippen LogP contribution in [0.4, 0.5) is 0 Å². The normalized spacial score (nSPS) is 39.5. The van der Waals surface area contributed by atoms with Gasteiger partial charge in [-0.1, -0.05) is 0 Å². The van der Waals surface area contributed by atoms with Gasteiger partial charge in [-0.2, -0.15) is 0 Å². The molecular weight excluding hydrogens is 146 g/mol. The second-order valence-electron chi connectivity index (χ2n) is 3.05. The lowest BCUT2D eigenvalue weighted by Crippen LogP contribution is -2.39. The van der Waals surface area contributed by atoms with Gasteiger partial charge < -0.3 is 10.2 Å². The molecule has 3 unspecified atom stereocenters. The predicted octanol–water partition coefficient (Wildman–Crippen LogP) is -1.39. The smallest absolute Gasteiger partial charge is 0.149 e. The number of Topliss-reactive ketones (excluding diaryl/α,β-unsaturated/α-hetero) is 1. The summed E-state index contributed by atoms with van der Waals surface area (Å²) in [6.07, 6.45) is -1.70. The van der Waals surface area contributed by atoms with Gasteiger partial charge in [0.05, 0.1) is 12.1 Å². The van der Waals surface area contributed by atoms with E-state index in [0.717, 1.165) is 0 Å². The topological polar surface area (TPSA) is 60.8 Å². The monoisotopic (exact) mass is 159 g/mol. The summed E-state index contributed by atoms with van der Waals surface area (Å²) in [5, 5.41) is 18.4. The van der Waals surface area contributed by atoms with Crippen molar-refractivity contribution in [1.82, 2.24) is 4.90 Å². The number of hydrogen-bond acceptors (Lipinski definition) is 4. The Balaban J connectivity index is 2.71. The molecule has 1 aliphatic rings. The number of likely N-dealkylation sites (tertiary alicyclic amines) is 1. The van der Waals surface area contributed by atoms with Gasteiger partial charge in [0, 0.05) is 6.54 Å². The van der Waals surface area contributed by atoms with Crippen molar-refractivity contribution in [3.05, 3.63) is 0 Å². The molecule has 0 saturated carbocycles. The van der Waals surface area contributed by atoms with Crippen LogP contribution in [-0.4, -0.2) is 52.7 Å². The first-order valence-electron chi connectivity index (χ1n) is 3.61. The summed E-state index contributed by atoms with van der Waals surface area (Å²) < 4.78 is 0. The maximum absolute atomic E-state index is 10.9. The van der Waals surface area contributed by atoms with Gasteiger partial charge in [-0.3, -0.25) is 9.69 Å². The van der Waals surface area contributed by atoms with Gasteiger partial charge in [-0.15, -0.1) is 0 Å². The van der Waals surface area contributed by atoms with E-state index >= 15 is 0 Å². The number of hydrogen-bond donors (Lipinski definition) is 2. The number of β-amino-alcohol motifs (C(OH)–C–C–N with tert-alkyl or cyclic N) is 1. The Bertz CT molecular complexity index is 171. The molecule has 0 aliphatic carbocycles. The Kier molecular flexibility index (Phi) is 2.27. The molecule has 1 saturated heterocycles. The number of aliphatic hydroxyl groups excluding tert-OH is 2. The Hall–Kier alpha value is -0.450. The molecule has 1 fully saturated rings. The van der Waals surface area contributed by atoms with Crippen molar-refractivity contribution in [2.24, 2.45) is 0 Å². The van der Waals surface area contributed by atoms with Gasteiger partial charge in [0.2, 0.25) is 0 Å². The van der Waals surface area contributed by atoms with Gasteiger partial charge >= 0.3 is 0 Å².